The van der Waals surface area contributed by atoms with E-state index in [1.165, 1.54) is 24.3 Å². The number of rotatable bonds is 30. The minimum atomic E-state index is -4.43. The molecule has 0 bridgehead atoms. The topological polar surface area (TPSA) is 263 Å². The summed E-state index contributed by atoms with van der Waals surface area (Å²) in [6.45, 7) is 3.24. The summed E-state index contributed by atoms with van der Waals surface area (Å²) in [5.74, 6) is -6.42. The van der Waals surface area contributed by atoms with Gasteiger partial charge in [-0.2, -0.15) is 16.8 Å². The fraction of sp³-hybridized carbons (Fsp3) is 0.310. The molecular formula is C58H66O20P2S2. The molecule has 82 heavy (non-hydrogen) atoms. The van der Waals surface area contributed by atoms with Crippen LogP contribution < -0.4 is 0 Å². The van der Waals surface area contributed by atoms with Crippen LogP contribution in [0.4, 0.5) is 0 Å². The lowest BCUT2D eigenvalue weighted by atomic mass is 10.0. The number of benzene rings is 6. The second kappa shape index (κ2) is 32.2. The van der Waals surface area contributed by atoms with Crippen molar-refractivity contribution in [2.45, 2.75) is 75.1 Å². The molecule has 6 aromatic carbocycles. The van der Waals surface area contributed by atoms with Gasteiger partial charge in [-0.25, -0.2) is 9.59 Å². The van der Waals surface area contributed by atoms with E-state index in [4.69, 9.17) is 45.4 Å². The van der Waals surface area contributed by atoms with Crippen molar-refractivity contribution in [2.75, 3.05) is 40.8 Å². The van der Waals surface area contributed by atoms with Crippen LogP contribution in [0, 0.1) is 25.7 Å². The Hall–Kier alpha value is -6.68. The van der Waals surface area contributed by atoms with Crippen LogP contribution in [0.15, 0.2) is 180 Å². The Bertz CT molecular complexity index is 2980. The zero-order chi connectivity index (χ0) is 59.8. The molecule has 0 fully saturated rings. The van der Waals surface area contributed by atoms with Gasteiger partial charge >= 0.3 is 39.1 Å². The molecule has 0 aliphatic carbocycles. The second-order valence-electron chi connectivity index (χ2n) is 18.3. The van der Waals surface area contributed by atoms with Crippen LogP contribution in [0.2, 0.25) is 0 Å². The fourth-order valence-electron chi connectivity index (χ4n) is 7.59. The van der Waals surface area contributed by atoms with E-state index >= 15 is 0 Å². The Morgan fingerprint density at radius 1 is 0.378 bits per heavy atom. The molecule has 0 saturated carbocycles. The number of methoxy groups -OCH3 is 4. The third-order valence-electron chi connectivity index (χ3n) is 12.1. The van der Waals surface area contributed by atoms with Crippen molar-refractivity contribution < 1.29 is 90.6 Å². The number of aryl methyl sites for hydroxylation is 2. The summed E-state index contributed by atoms with van der Waals surface area (Å²) in [5, 5.41) is 0. The number of hydrogen-bond acceptors (Lipinski definition) is 20. The average molecular weight is 1210 g/mol. The van der Waals surface area contributed by atoms with Crippen molar-refractivity contribution in [1.29, 1.82) is 0 Å². The van der Waals surface area contributed by atoms with Gasteiger partial charge in [0.15, 0.2) is 12.2 Å². The van der Waals surface area contributed by atoms with E-state index in [0.717, 1.165) is 39.6 Å². The first-order valence-electron chi connectivity index (χ1n) is 25.3. The molecule has 0 unspecified atom stereocenters. The molecule has 0 aliphatic heterocycles. The molecule has 20 nitrogen and oxygen atoms in total. The zero-order valence-corrected chi connectivity index (χ0v) is 49.4. The molecule has 0 aliphatic rings. The van der Waals surface area contributed by atoms with Crippen LogP contribution in [-0.2, 0) is 120 Å². The Morgan fingerprint density at radius 3 is 0.854 bits per heavy atom. The number of esters is 4. The number of hydrogen-bond donors (Lipinski definition) is 0. The number of carbonyl (C=O) groups excluding carboxylic acids is 4. The maximum absolute atomic E-state index is 14.0. The highest BCUT2D eigenvalue weighted by molar-refractivity contribution is 7.87. The smallest absolute Gasteiger partial charge is 0.336 e. The normalized spacial score (nSPS) is 13.2. The Kier molecular flexibility index (Phi) is 26.0. The monoisotopic (exact) mass is 1210 g/mol. The summed E-state index contributed by atoms with van der Waals surface area (Å²) in [6, 6.07) is 47.4. The third-order valence-corrected chi connectivity index (χ3v) is 18.6. The fourth-order valence-corrected chi connectivity index (χ4v) is 13.3. The van der Waals surface area contributed by atoms with E-state index in [-0.39, 0.29) is 36.2 Å². The van der Waals surface area contributed by atoms with E-state index in [1.54, 1.807) is 135 Å². The van der Waals surface area contributed by atoms with Crippen molar-refractivity contribution >= 4 is 59.3 Å². The molecule has 440 valence electrons. The van der Waals surface area contributed by atoms with Crippen molar-refractivity contribution in [3.63, 3.8) is 0 Å². The maximum atomic E-state index is 14.0. The predicted octanol–water partition coefficient (Wildman–Crippen LogP) is 10.1. The average Bonchev–Trinajstić information content (AvgIpc) is 3.51. The van der Waals surface area contributed by atoms with Gasteiger partial charge in [0, 0.05) is 0 Å². The highest BCUT2D eigenvalue weighted by Crippen LogP contribution is 2.53. The van der Waals surface area contributed by atoms with Crippen LogP contribution in [0.5, 0.6) is 0 Å². The van der Waals surface area contributed by atoms with Gasteiger partial charge < -0.3 is 37.0 Å². The molecule has 0 radical (unpaired) electrons. The van der Waals surface area contributed by atoms with Crippen LogP contribution >= 0.6 is 15.2 Å². The summed E-state index contributed by atoms with van der Waals surface area (Å²) >= 11 is 0. The minimum Gasteiger partial charge on any atom is -0.469 e. The molecule has 4 atom stereocenters. The summed E-state index contributed by atoms with van der Waals surface area (Å²) in [5.41, 5.74) is 4.49. The van der Waals surface area contributed by atoms with Gasteiger partial charge in [0.25, 0.3) is 20.2 Å². The van der Waals surface area contributed by atoms with E-state index in [2.05, 4.69) is 0 Å². The quantitative estimate of drug-likeness (QED) is 0.0176. The SMILES string of the molecule is COC(=O)[C@@H](C[C@@H](OS(=O)(=O)c1ccc(C)cc1)C(=O)OC)CP(=O)(OCc1ccccc1)OCc1ccccc1.COC(=O)[C@H](C[C@@H](OS(=O)(=O)c1ccc(C)cc1)C(=O)OC)CP(=O)(OCc1ccccc1)OCc1ccccc1. The lowest BCUT2D eigenvalue weighted by Gasteiger charge is -2.25. The van der Waals surface area contributed by atoms with Gasteiger partial charge in [0.2, 0.25) is 0 Å². The first-order chi connectivity index (χ1) is 39.1. The number of ether oxygens (including phenoxy) is 4. The standard InChI is InChI=1S/2C29H33O10PS/c2*1-22-14-16-26(17-15-22)41(33,34)39-27(29(31)36-3)18-25(28(30)35-2)21-40(32,37-19-23-10-6-4-7-11-23)38-20-24-12-8-5-9-13-24/h2*4-17,25,27H,18-21H2,1-3H3/t25-,27+;25-,27-/m01/s1. The van der Waals surface area contributed by atoms with Crippen LogP contribution in [0.25, 0.3) is 0 Å². The summed E-state index contributed by atoms with van der Waals surface area (Å²) in [4.78, 5) is 50.5. The molecule has 0 amide bonds. The Balaban J connectivity index is 0.000000301. The molecule has 0 aromatic heterocycles. The van der Waals surface area contributed by atoms with E-state index in [0.29, 0.717) is 22.3 Å². The predicted molar refractivity (Wildman–Crippen MR) is 301 cm³/mol. The van der Waals surface area contributed by atoms with Crippen LogP contribution in [0.3, 0.4) is 0 Å². The molecule has 0 N–H and O–H groups in total. The lowest BCUT2D eigenvalue weighted by molar-refractivity contribution is -0.153. The molecular weight excluding hydrogens is 1140 g/mol. The molecule has 0 spiro atoms. The van der Waals surface area contributed by atoms with Crippen LogP contribution in [0.1, 0.15) is 46.2 Å². The lowest BCUT2D eigenvalue weighted by Crippen LogP contribution is -2.34. The van der Waals surface area contributed by atoms with Gasteiger partial charge in [0.1, 0.15) is 0 Å². The first kappa shape index (κ1) is 66.1. The van der Waals surface area contributed by atoms with Gasteiger partial charge in [-0.05, 0) is 73.2 Å². The summed E-state index contributed by atoms with van der Waals surface area (Å²) in [6.07, 6.45) is -5.57. The van der Waals surface area contributed by atoms with Crippen molar-refractivity contribution in [3.05, 3.63) is 203 Å². The zero-order valence-electron chi connectivity index (χ0n) is 46.0. The first-order valence-corrected chi connectivity index (χ1v) is 31.6. The number of carbonyl (C=O) groups is 4. The van der Waals surface area contributed by atoms with Crippen molar-refractivity contribution in [3.8, 4) is 0 Å². The molecule has 24 heteroatoms. The van der Waals surface area contributed by atoms with Crippen molar-refractivity contribution in [2.24, 2.45) is 11.8 Å². The van der Waals surface area contributed by atoms with E-state index in [1.807, 2.05) is 24.3 Å². The largest absolute Gasteiger partial charge is 0.469 e. The van der Waals surface area contributed by atoms with Gasteiger partial charge in [0.05, 0.1) is 88.8 Å². The summed E-state index contributed by atoms with van der Waals surface area (Å²) < 4.78 is 133. The molecule has 0 heterocycles. The Morgan fingerprint density at radius 2 is 0.622 bits per heavy atom. The van der Waals surface area contributed by atoms with Crippen LogP contribution in [-0.4, -0.2) is 93.7 Å². The van der Waals surface area contributed by atoms with Gasteiger partial charge in [-0.1, -0.05) is 157 Å². The third kappa shape index (κ3) is 21.6. The van der Waals surface area contributed by atoms with Crippen molar-refractivity contribution in [1.82, 2.24) is 0 Å². The van der Waals surface area contributed by atoms with Gasteiger partial charge in [-0.15, -0.1) is 0 Å². The summed E-state index contributed by atoms with van der Waals surface area (Å²) in [7, 11) is -12.6. The molecule has 0 saturated heterocycles. The van der Waals surface area contributed by atoms with Gasteiger partial charge in [-0.3, -0.25) is 27.1 Å². The molecule has 6 aromatic rings. The van der Waals surface area contributed by atoms with E-state index in [9.17, 15) is 45.1 Å². The molecule has 6 rings (SSSR count). The maximum Gasteiger partial charge on any atom is 0.336 e. The highest BCUT2D eigenvalue weighted by Gasteiger charge is 2.41. The Labute approximate surface area is 478 Å². The minimum absolute atomic E-state index is 0.0838. The second-order valence-corrected chi connectivity index (χ2v) is 25.6. The highest BCUT2D eigenvalue weighted by atomic mass is 32.2. The van der Waals surface area contributed by atoms with E-state index < -0.39 is 109 Å².